The van der Waals surface area contributed by atoms with E-state index in [9.17, 15) is 4.79 Å². The highest BCUT2D eigenvalue weighted by Gasteiger charge is 2.24. The summed E-state index contributed by atoms with van der Waals surface area (Å²) in [5.74, 6) is -0.124. The molecule has 1 aliphatic carbocycles. The zero-order valence-corrected chi connectivity index (χ0v) is 7.71. The van der Waals surface area contributed by atoms with E-state index in [1.54, 1.807) is 12.3 Å². The summed E-state index contributed by atoms with van der Waals surface area (Å²) in [6.07, 6.45) is 5.20. The molecule has 0 radical (unpaired) electrons. The fourth-order valence-corrected chi connectivity index (χ4v) is 1.23. The third kappa shape index (κ3) is 1.98. The van der Waals surface area contributed by atoms with Crippen LogP contribution in [0.2, 0.25) is 5.02 Å². The molecule has 0 atom stereocenters. The molecule has 0 aliphatic heterocycles. The summed E-state index contributed by atoms with van der Waals surface area (Å²) in [7, 11) is 0. The Kier molecular flexibility index (Phi) is 2.19. The van der Waals surface area contributed by atoms with E-state index in [0.717, 1.165) is 12.8 Å². The average Bonchev–Trinajstić information content (AvgIpc) is 2.89. The zero-order valence-electron chi connectivity index (χ0n) is 6.96. The summed E-state index contributed by atoms with van der Waals surface area (Å²) in [4.78, 5) is 15.3. The second-order valence-electron chi connectivity index (χ2n) is 3.10. The van der Waals surface area contributed by atoms with Gasteiger partial charge in [0.25, 0.3) is 5.91 Å². The van der Waals surface area contributed by atoms with Crippen molar-refractivity contribution in [1.82, 2.24) is 10.3 Å². The maximum absolute atomic E-state index is 11.5. The van der Waals surface area contributed by atoms with Gasteiger partial charge in [-0.25, -0.2) is 0 Å². The van der Waals surface area contributed by atoms with Crippen LogP contribution in [-0.4, -0.2) is 16.9 Å². The predicted molar refractivity (Wildman–Crippen MR) is 49.7 cm³/mol. The highest BCUT2D eigenvalue weighted by Crippen LogP contribution is 2.20. The summed E-state index contributed by atoms with van der Waals surface area (Å²) >= 11 is 5.82. The number of carbonyl (C=O) groups is 1. The minimum atomic E-state index is -0.124. The Bertz CT molecular complexity index is 336. The lowest BCUT2D eigenvalue weighted by Gasteiger charge is -2.03. The number of hydrogen-bond donors (Lipinski definition) is 1. The first-order chi connectivity index (χ1) is 6.27. The van der Waals surface area contributed by atoms with E-state index in [2.05, 4.69) is 10.3 Å². The van der Waals surface area contributed by atoms with Crippen molar-refractivity contribution in [1.29, 1.82) is 0 Å². The van der Waals surface area contributed by atoms with Crippen molar-refractivity contribution in [3.63, 3.8) is 0 Å². The number of nitrogens with one attached hydrogen (secondary N) is 1. The fourth-order valence-electron chi connectivity index (χ4n) is 1.04. The standard InChI is InChI=1S/C9H9ClN2O/c10-8-3-4-11-5-7(8)9(13)12-6-1-2-6/h3-6H,1-2H2,(H,12,13). The van der Waals surface area contributed by atoms with Gasteiger partial charge < -0.3 is 5.32 Å². The summed E-state index contributed by atoms with van der Waals surface area (Å²) < 4.78 is 0. The number of hydrogen-bond acceptors (Lipinski definition) is 2. The maximum Gasteiger partial charge on any atom is 0.254 e. The largest absolute Gasteiger partial charge is 0.349 e. The highest BCUT2D eigenvalue weighted by atomic mass is 35.5. The molecule has 1 aromatic heterocycles. The summed E-state index contributed by atoms with van der Waals surface area (Å²) in [6, 6.07) is 1.97. The van der Waals surface area contributed by atoms with Crippen LogP contribution in [0.1, 0.15) is 23.2 Å². The molecular weight excluding hydrogens is 188 g/mol. The van der Waals surface area contributed by atoms with Crippen molar-refractivity contribution in [2.24, 2.45) is 0 Å². The third-order valence-corrected chi connectivity index (χ3v) is 2.25. The van der Waals surface area contributed by atoms with Crippen LogP contribution in [0.25, 0.3) is 0 Å². The van der Waals surface area contributed by atoms with E-state index in [4.69, 9.17) is 11.6 Å². The van der Waals surface area contributed by atoms with Crippen LogP contribution in [0.3, 0.4) is 0 Å². The van der Waals surface area contributed by atoms with Crippen molar-refractivity contribution in [2.75, 3.05) is 0 Å². The van der Waals surface area contributed by atoms with Gasteiger partial charge in [-0.05, 0) is 18.9 Å². The molecule has 1 fully saturated rings. The van der Waals surface area contributed by atoms with E-state index in [-0.39, 0.29) is 5.91 Å². The van der Waals surface area contributed by atoms with Gasteiger partial charge in [0.15, 0.2) is 0 Å². The average molecular weight is 197 g/mol. The first kappa shape index (κ1) is 8.51. The lowest BCUT2D eigenvalue weighted by atomic mass is 10.2. The highest BCUT2D eigenvalue weighted by molar-refractivity contribution is 6.33. The number of carbonyl (C=O) groups excluding carboxylic acids is 1. The van der Waals surface area contributed by atoms with E-state index in [1.807, 2.05) is 0 Å². The van der Waals surface area contributed by atoms with Gasteiger partial charge in [0.2, 0.25) is 0 Å². The second kappa shape index (κ2) is 3.34. The van der Waals surface area contributed by atoms with Crippen LogP contribution in [0.5, 0.6) is 0 Å². The number of aromatic nitrogens is 1. The Morgan fingerprint density at radius 1 is 1.62 bits per heavy atom. The molecule has 0 aromatic carbocycles. The fraction of sp³-hybridized carbons (Fsp3) is 0.333. The number of halogens is 1. The number of amides is 1. The molecule has 13 heavy (non-hydrogen) atoms. The smallest absolute Gasteiger partial charge is 0.254 e. The van der Waals surface area contributed by atoms with Crippen molar-refractivity contribution in [3.05, 3.63) is 29.0 Å². The number of nitrogens with zero attached hydrogens (tertiary/aromatic N) is 1. The molecule has 2 rings (SSSR count). The Balaban J connectivity index is 2.13. The van der Waals surface area contributed by atoms with Crippen LogP contribution in [0, 0.1) is 0 Å². The van der Waals surface area contributed by atoms with E-state index in [1.165, 1.54) is 6.20 Å². The lowest BCUT2D eigenvalue weighted by Crippen LogP contribution is -2.25. The molecule has 1 N–H and O–H groups in total. The summed E-state index contributed by atoms with van der Waals surface area (Å²) in [5, 5.41) is 3.30. The molecule has 1 amide bonds. The quantitative estimate of drug-likeness (QED) is 0.781. The molecule has 0 saturated heterocycles. The molecule has 3 nitrogen and oxygen atoms in total. The third-order valence-electron chi connectivity index (χ3n) is 1.93. The van der Waals surface area contributed by atoms with Crippen LogP contribution < -0.4 is 5.32 Å². The number of pyridine rings is 1. The minimum absolute atomic E-state index is 0.124. The molecule has 0 spiro atoms. The van der Waals surface area contributed by atoms with E-state index < -0.39 is 0 Å². The zero-order chi connectivity index (χ0) is 9.26. The van der Waals surface area contributed by atoms with Gasteiger partial charge in [-0.1, -0.05) is 11.6 Å². The molecule has 0 unspecified atom stereocenters. The Labute approximate surface area is 81.1 Å². The summed E-state index contributed by atoms with van der Waals surface area (Å²) in [6.45, 7) is 0. The lowest BCUT2D eigenvalue weighted by molar-refractivity contribution is 0.0951. The Morgan fingerprint density at radius 2 is 2.38 bits per heavy atom. The molecule has 0 bridgehead atoms. The van der Waals surface area contributed by atoms with Crippen LogP contribution in [0.15, 0.2) is 18.5 Å². The maximum atomic E-state index is 11.5. The van der Waals surface area contributed by atoms with Crippen molar-refractivity contribution >= 4 is 17.5 Å². The van der Waals surface area contributed by atoms with Crippen molar-refractivity contribution in [2.45, 2.75) is 18.9 Å². The molecule has 1 aliphatic rings. The second-order valence-corrected chi connectivity index (χ2v) is 3.51. The normalized spacial score (nSPS) is 15.5. The summed E-state index contributed by atoms with van der Waals surface area (Å²) in [5.41, 5.74) is 0.455. The predicted octanol–water partition coefficient (Wildman–Crippen LogP) is 1.63. The minimum Gasteiger partial charge on any atom is -0.349 e. The van der Waals surface area contributed by atoms with Gasteiger partial charge in [-0.15, -0.1) is 0 Å². The van der Waals surface area contributed by atoms with Gasteiger partial charge in [0.1, 0.15) is 0 Å². The van der Waals surface area contributed by atoms with E-state index in [0.29, 0.717) is 16.6 Å². The topological polar surface area (TPSA) is 42.0 Å². The van der Waals surface area contributed by atoms with Crippen LogP contribution >= 0.6 is 11.6 Å². The van der Waals surface area contributed by atoms with E-state index >= 15 is 0 Å². The first-order valence-electron chi connectivity index (χ1n) is 4.18. The van der Waals surface area contributed by atoms with Gasteiger partial charge in [0.05, 0.1) is 10.6 Å². The van der Waals surface area contributed by atoms with Gasteiger partial charge in [-0.3, -0.25) is 9.78 Å². The Morgan fingerprint density at radius 3 is 3.00 bits per heavy atom. The van der Waals surface area contributed by atoms with Crippen molar-refractivity contribution < 1.29 is 4.79 Å². The van der Waals surface area contributed by atoms with Gasteiger partial charge >= 0.3 is 0 Å². The number of rotatable bonds is 2. The van der Waals surface area contributed by atoms with Crippen molar-refractivity contribution in [3.8, 4) is 0 Å². The molecule has 4 heteroatoms. The molecule has 1 heterocycles. The first-order valence-corrected chi connectivity index (χ1v) is 4.55. The van der Waals surface area contributed by atoms with Gasteiger partial charge in [-0.2, -0.15) is 0 Å². The van der Waals surface area contributed by atoms with Crippen LogP contribution in [-0.2, 0) is 0 Å². The SMILES string of the molecule is O=C(NC1CC1)c1cnccc1Cl. The van der Waals surface area contributed by atoms with Gasteiger partial charge in [0, 0.05) is 18.4 Å². The van der Waals surface area contributed by atoms with Crippen LogP contribution in [0.4, 0.5) is 0 Å². The molecule has 1 aromatic rings. The molecule has 68 valence electrons. The Hall–Kier alpha value is -1.09. The monoisotopic (exact) mass is 196 g/mol. The molecule has 1 saturated carbocycles. The molecular formula is C9H9ClN2O.